The zero-order chi connectivity index (χ0) is 12.3. The van der Waals surface area contributed by atoms with Crippen LogP contribution in [0, 0.1) is 11.6 Å². The number of esters is 1. The molecule has 1 aromatic carbocycles. The minimum atomic E-state index is -1.28. The van der Waals surface area contributed by atoms with E-state index in [1.54, 1.807) is 0 Å². The molecule has 0 saturated heterocycles. The van der Waals surface area contributed by atoms with Gasteiger partial charge in [-0.05, 0) is 6.07 Å². The largest absolute Gasteiger partial charge is 0.481 e. The number of carbonyl (C=O) groups is 2. The van der Waals surface area contributed by atoms with Gasteiger partial charge in [0.1, 0.15) is 5.82 Å². The first-order valence-electron chi connectivity index (χ1n) is 4.28. The van der Waals surface area contributed by atoms with Crippen molar-refractivity contribution < 1.29 is 28.2 Å². The van der Waals surface area contributed by atoms with Crippen molar-refractivity contribution >= 4 is 11.9 Å². The summed E-state index contributed by atoms with van der Waals surface area (Å²) < 4.78 is 30.8. The molecule has 0 bridgehead atoms. The average Bonchev–Trinajstić information content (AvgIpc) is 2.11. The van der Waals surface area contributed by atoms with Gasteiger partial charge in [-0.25, -0.2) is 8.78 Å². The van der Waals surface area contributed by atoms with Crippen molar-refractivity contribution in [1.82, 2.24) is 0 Å². The van der Waals surface area contributed by atoms with Crippen molar-refractivity contribution in [3.05, 3.63) is 29.3 Å². The molecule has 0 amide bonds. The van der Waals surface area contributed by atoms with Crippen LogP contribution in [0.25, 0.3) is 0 Å². The van der Waals surface area contributed by atoms with Crippen LogP contribution in [0.4, 0.5) is 8.78 Å². The number of carboxylic acids is 1. The fourth-order valence-corrected chi connectivity index (χ4v) is 1.10. The summed E-state index contributed by atoms with van der Waals surface area (Å²) in [4.78, 5) is 20.9. The Kier molecular flexibility index (Phi) is 3.55. The second-order valence-electron chi connectivity index (χ2n) is 3.04. The zero-order valence-corrected chi connectivity index (χ0v) is 8.29. The van der Waals surface area contributed by atoms with Crippen LogP contribution in [-0.4, -0.2) is 17.0 Å². The van der Waals surface area contributed by atoms with E-state index in [1.165, 1.54) is 0 Å². The summed E-state index contributed by atoms with van der Waals surface area (Å²) in [6, 6.07) is 1.34. The third-order valence-corrected chi connectivity index (χ3v) is 1.70. The predicted octanol–water partition coefficient (Wildman–Crippen LogP) is 1.52. The molecule has 0 aromatic heterocycles. The first-order valence-corrected chi connectivity index (χ1v) is 4.28. The molecular weight excluding hydrogens is 222 g/mol. The summed E-state index contributed by atoms with van der Waals surface area (Å²) >= 11 is 0. The van der Waals surface area contributed by atoms with Crippen LogP contribution in [0.1, 0.15) is 12.5 Å². The molecule has 0 aliphatic heterocycles. The molecule has 4 nitrogen and oxygen atoms in total. The molecule has 1 rings (SSSR count). The van der Waals surface area contributed by atoms with Crippen molar-refractivity contribution in [1.29, 1.82) is 0 Å². The van der Waals surface area contributed by atoms with Crippen LogP contribution in [0.15, 0.2) is 12.1 Å². The molecule has 86 valence electrons. The molecule has 0 saturated carbocycles. The quantitative estimate of drug-likeness (QED) is 0.631. The molecule has 6 heteroatoms. The van der Waals surface area contributed by atoms with E-state index >= 15 is 0 Å². The second-order valence-corrected chi connectivity index (χ2v) is 3.04. The molecule has 0 radical (unpaired) electrons. The molecule has 0 atom stereocenters. The Morgan fingerprint density at radius 1 is 1.31 bits per heavy atom. The summed E-state index contributed by atoms with van der Waals surface area (Å²) in [5.41, 5.74) is -0.305. The Morgan fingerprint density at radius 2 is 1.94 bits per heavy atom. The van der Waals surface area contributed by atoms with E-state index in [0.29, 0.717) is 12.1 Å². The number of hydrogen-bond acceptors (Lipinski definition) is 3. The van der Waals surface area contributed by atoms with Gasteiger partial charge >= 0.3 is 11.9 Å². The van der Waals surface area contributed by atoms with E-state index in [-0.39, 0.29) is 5.56 Å². The van der Waals surface area contributed by atoms with Crippen LogP contribution >= 0.6 is 0 Å². The van der Waals surface area contributed by atoms with Gasteiger partial charge in [0.05, 0.1) is 6.42 Å². The van der Waals surface area contributed by atoms with Crippen molar-refractivity contribution in [2.75, 3.05) is 0 Å². The van der Waals surface area contributed by atoms with E-state index in [1.807, 2.05) is 0 Å². The normalized spacial score (nSPS) is 9.94. The molecule has 0 aliphatic rings. The van der Waals surface area contributed by atoms with Crippen LogP contribution < -0.4 is 4.74 Å². The molecule has 1 aromatic rings. The van der Waals surface area contributed by atoms with E-state index < -0.39 is 35.7 Å². The minimum Gasteiger partial charge on any atom is -0.481 e. The standard InChI is InChI=1S/C10H8F2O4/c1-5(13)16-9-4-7(11)6(2-8(9)12)3-10(14)15/h2,4H,3H2,1H3,(H,14,15). The molecule has 0 fully saturated rings. The summed E-state index contributed by atoms with van der Waals surface area (Å²) in [7, 11) is 0. The number of rotatable bonds is 3. The van der Waals surface area contributed by atoms with E-state index in [4.69, 9.17) is 5.11 Å². The Labute approximate surface area is 89.5 Å². The Hall–Kier alpha value is -1.98. The van der Waals surface area contributed by atoms with Crippen molar-refractivity contribution in [3.63, 3.8) is 0 Å². The summed E-state index contributed by atoms with van der Waals surface area (Å²) in [6.07, 6.45) is -0.636. The van der Waals surface area contributed by atoms with Gasteiger partial charge in [-0.3, -0.25) is 9.59 Å². The first-order chi connectivity index (χ1) is 7.40. The number of ether oxygens (including phenoxy) is 1. The molecule has 1 N–H and O–H groups in total. The van der Waals surface area contributed by atoms with Gasteiger partial charge in [0.15, 0.2) is 11.6 Å². The number of hydrogen-bond donors (Lipinski definition) is 1. The number of carboxylic acid groups (broad SMARTS) is 1. The molecule has 0 unspecified atom stereocenters. The van der Waals surface area contributed by atoms with Gasteiger partial charge in [-0.15, -0.1) is 0 Å². The summed E-state index contributed by atoms with van der Waals surface area (Å²) in [6.45, 7) is 1.04. The number of carbonyl (C=O) groups excluding carboxylic acids is 1. The summed E-state index contributed by atoms with van der Waals surface area (Å²) in [5, 5.41) is 8.42. The molecule has 16 heavy (non-hydrogen) atoms. The lowest BCUT2D eigenvalue weighted by molar-refractivity contribution is -0.136. The molecule has 0 aliphatic carbocycles. The fourth-order valence-electron chi connectivity index (χ4n) is 1.10. The van der Waals surface area contributed by atoms with Crippen LogP contribution in [-0.2, 0) is 16.0 Å². The van der Waals surface area contributed by atoms with Gasteiger partial charge in [0, 0.05) is 18.6 Å². The average molecular weight is 230 g/mol. The third kappa shape index (κ3) is 3.01. The smallest absolute Gasteiger partial charge is 0.308 e. The topological polar surface area (TPSA) is 63.6 Å². The van der Waals surface area contributed by atoms with Crippen LogP contribution in [0.5, 0.6) is 5.75 Å². The predicted molar refractivity (Wildman–Crippen MR) is 49.0 cm³/mol. The molecular formula is C10H8F2O4. The van der Waals surface area contributed by atoms with Crippen LogP contribution in [0.2, 0.25) is 0 Å². The number of benzene rings is 1. The highest BCUT2D eigenvalue weighted by Gasteiger charge is 2.14. The maximum Gasteiger partial charge on any atom is 0.308 e. The van der Waals surface area contributed by atoms with Gasteiger partial charge < -0.3 is 9.84 Å². The lowest BCUT2D eigenvalue weighted by atomic mass is 10.1. The zero-order valence-electron chi connectivity index (χ0n) is 8.29. The first kappa shape index (κ1) is 12.1. The van der Waals surface area contributed by atoms with E-state index in [9.17, 15) is 18.4 Å². The number of aliphatic carboxylic acids is 1. The monoisotopic (exact) mass is 230 g/mol. The van der Waals surface area contributed by atoms with Gasteiger partial charge in [0.2, 0.25) is 0 Å². The Bertz CT molecular complexity index is 401. The van der Waals surface area contributed by atoms with Crippen molar-refractivity contribution in [2.24, 2.45) is 0 Å². The fraction of sp³-hybridized carbons (Fsp3) is 0.200. The van der Waals surface area contributed by atoms with Crippen molar-refractivity contribution in [3.8, 4) is 5.75 Å². The van der Waals surface area contributed by atoms with Gasteiger partial charge in [0.25, 0.3) is 0 Å². The van der Waals surface area contributed by atoms with Gasteiger partial charge in [-0.2, -0.15) is 0 Å². The highest BCUT2D eigenvalue weighted by Crippen LogP contribution is 2.22. The summed E-state index contributed by atoms with van der Waals surface area (Å²) in [5.74, 6) is -4.53. The number of halogens is 2. The Balaban J connectivity index is 3.06. The van der Waals surface area contributed by atoms with Crippen LogP contribution in [0.3, 0.4) is 0 Å². The molecule has 0 heterocycles. The molecule has 0 spiro atoms. The maximum atomic E-state index is 13.2. The Morgan fingerprint density at radius 3 is 2.44 bits per heavy atom. The maximum absolute atomic E-state index is 13.2. The van der Waals surface area contributed by atoms with Crippen molar-refractivity contribution in [2.45, 2.75) is 13.3 Å². The van der Waals surface area contributed by atoms with Gasteiger partial charge in [-0.1, -0.05) is 0 Å². The highest BCUT2D eigenvalue weighted by molar-refractivity contribution is 5.71. The lowest BCUT2D eigenvalue weighted by Crippen LogP contribution is -2.07. The highest BCUT2D eigenvalue weighted by atomic mass is 19.1. The lowest BCUT2D eigenvalue weighted by Gasteiger charge is -2.05. The third-order valence-electron chi connectivity index (χ3n) is 1.70. The van der Waals surface area contributed by atoms with E-state index in [2.05, 4.69) is 4.74 Å². The SMILES string of the molecule is CC(=O)Oc1cc(F)c(CC(=O)O)cc1F. The second kappa shape index (κ2) is 4.69. The minimum absolute atomic E-state index is 0.305. The van der Waals surface area contributed by atoms with E-state index in [0.717, 1.165) is 6.92 Å².